The summed E-state index contributed by atoms with van der Waals surface area (Å²) in [6.07, 6.45) is 2.40. The second-order valence-electron chi connectivity index (χ2n) is 3.51. The van der Waals surface area contributed by atoms with Gasteiger partial charge in [0.05, 0.1) is 0 Å². The molecule has 0 amide bonds. The van der Waals surface area contributed by atoms with E-state index >= 15 is 0 Å². The van der Waals surface area contributed by atoms with E-state index in [0.717, 1.165) is 31.8 Å². The van der Waals surface area contributed by atoms with Gasteiger partial charge in [0.15, 0.2) is 17.0 Å². The van der Waals surface area contributed by atoms with Crippen molar-refractivity contribution in [2.45, 2.75) is 19.9 Å². The first-order chi connectivity index (χ1) is 8.36. The molecule has 0 radical (unpaired) electrons. The number of ether oxygens (including phenoxy) is 1. The average Bonchev–Trinajstić information content (AvgIpc) is 2.78. The molecule has 0 unspecified atom stereocenters. The van der Waals surface area contributed by atoms with Gasteiger partial charge in [-0.25, -0.2) is 14.6 Å². The molecule has 2 aromatic heterocycles. The fourth-order valence-corrected chi connectivity index (χ4v) is 1.59. The van der Waals surface area contributed by atoms with Gasteiger partial charge in [0.2, 0.25) is 0 Å². The molecule has 7 heteroatoms. The SMILES string of the molecule is CCOCCCn1nnc2c(NC)ncnc21. The summed E-state index contributed by atoms with van der Waals surface area (Å²) in [5, 5.41) is 11.1. The fourth-order valence-electron chi connectivity index (χ4n) is 1.59. The zero-order valence-electron chi connectivity index (χ0n) is 10.1. The van der Waals surface area contributed by atoms with E-state index in [1.807, 2.05) is 6.92 Å². The van der Waals surface area contributed by atoms with Crippen LogP contribution in [-0.4, -0.2) is 45.2 Å². The molecule has 0 spiro atoms. The number of hydrogen-bond acceptors (Lipinski definition) is 6. The maximum absolute atomic E-state index is 5.28. The van der Waals surface area contributed by atoms with Crippen molar-refractivity contribution in [2.75, 3.05) is 25.6 Å². The number of hydrogen-bond donors (Lipinski definition) is 1. The molecule has 0 atom stereocenters. The van der Waals surface area contributed by atoms with Crippen LogP contribution in [0.3, 0.4) is 0 Å². The predicted molar refractivity (Wildman–Crippen MR) is 63.8 cm³/mol. The molecule has 17 heavy (non-hydrogen) atoms. The Morgan fingerprint density at radius 2 is 2.29 bits per heavy atom. The Labute approximate surface area is 99.2 Å². The highest BCUT2D eigenvalue weighted by atomic mass is 16.5. The van der Waals surface area contributed by atoms with Crippen LogP contribution in [0, 0.1) is 0 Å². The number of anilines is 1. The van der Waals surface area contributed by atoms with Crippen LogP contribution in [0.1, 0.15) is 13.3 Å². The number of rotatable bonds is 6. The van der Waals surface area contributed by atoms with Crippen molar-refractivity contribution in [1.82, 2.24) is 25.0 Å². The van der Waals surface area contributed by atoms with E-state index in [9.17, 15) is 0 Å². The average molecular weight is 236 g/mol. The van der Waals surface area contributed by atoms with Crippen molar-refractivity contribution in [3.8, 4) is 0 Å². The van der Waals surface area contributed by atoms with Crippen LogP contribution in [0.25, 0.3) is 11.2 Å². The summed E-state index contributed by atoms with van der Waals surface area (Å²) in [5.41, 5.74) is 1.45. The standard InChI is InChI=1S/C10H16N6O/c1-3-17-6-4-5-16-10-8(14-15-16)9(11-2)12-7-13-10/h7H,3-6H2,1-2H3,(H,11,12,13). The van der Waals surface area contributed by atoms with Crippen LogP contribution < -0.4 is 5.32 Å². The summed E-state index contributed by atoms with van der Waals surface area (Å²) >= 11 is 0. The molecule has 7 nitrogen and oxygen atoms in total. The Morgan fingerprint density at radius 1 is 1.41 bits per heavy atom. The Bertz CT molecular complexity index is 483. The first-order valence-electron chi connectivity index (χ1n) is 5.66. The monoisotopic (exact) mass is 236 g/mol. The van der Waals surface area contributed by atoms with Gasteiger partial charge in [-0.1, -0.05) is 5.21 Å². The lowest BCUT2D eigenvalue weighted by molar-refractivity contribution is 0.141. The third-order valence-electron chi connectivity index (χ3n) is 2.40. The van der Waals surface area contributed by atoms with Crippen LogP contribution in [0.4, 0.5) is 5.82 Å². The first kappa shape index (κ1) is 11.7. The normalized spacial score (nSPS) is 10.9. The third kappa shape index (κ3) is 2.50. The maximum Gasteiger partial charge on any atom is 0.183 e. The lowest BCUT2D eigenvalue weighted by Crippen LogP contribution is -2.05. The highest BCUT2D eigenvalue weighted by Gasteiger charge is 2.09. The number of nitrogens with one attached hydrogen (secondary N) is 1. The number of nitrogens with zero attached hydrogens (tertiary/aromatic N) is 5. The topological polar surface area (TPSA) is 77.8 Å². The summed E-state index contributed by atoms with van der Waals surface area (Å²) in [6, 6.07) is 0. The third-order valence-corrected chi connectivity index (χ3v) is 2.40. The van der Waals surface area contributed by atoms with Gasteiger partial charge in [0.1, 0.15) is 6.33 Å². The van der Waals surface area contributed by atoms with Crippen LogP contribution >= 0.6 is 0 Å². The zero-order valence-corrected chi connectivity index (χ0v) is 10.1. The number of aryl methyl sites for hydroxylation is 1. The second kappa shape index (κ2) is 5.53. The minimum Gasteiger partial charge on any atom is -0.382 e. The minimum absolute atomic E-state index is 0.700. The van der Waals surface area contributed by atoms with Crippen molar-refractivity contribution in [1.29, 1.82) is 0 Å². The van der Waals surface area contributed by atoms with Gasteiger partial charge >= 0.3 is 0 Å². The van der Waals surface area contributed by atoms with Gasteiger partial charge in [-0.15, -0.1) is 5.10 Å². The molecular formula is C10H16N6O. The van der Waals surface area contributed by atoms with Gasteiger partial charge in [-0.05, 0) is 13.3 Å². The molecule has 2 aromatic rings. The largest absolute Gasteiger partial charge is 0.382 e. The predicted octanol–water partition coefficient (Wildman–Crippen LogP) is 0.690. The van der Waals surface area contributed by atoms with E-state index in [2.05, 4.69) is 25.6 Å². The van der Waals surface area contributed by atoms with Crippen molar-refractivity contribution in [3.05, 3.63) is 6.33 Å². The van der Waals surface area contributed by atoms with E-state index in [4.69, 9.17) is 4.74 Å². The lowest BCUT2D eigenvalue weighted by Gasteiger charge is -2.02. The quantitative estimate of drug-likeness (QED) is 0.743. The fraction of sp³-hybridized carbons (Fsp3) is 0.600. The molecule has 2 rings (SSSR count). The molecular weight excluding hydrogens is 220 g/mol. The molecule has 0 aliphatic carbocycles. The van der Waals surface area contributed by atoms with Crippen molar-refractivity contribution < 1.29 is 4.74 Å². The summed E-state index contributed by atoms with van der Waals surface area (Å²) < 4.78 is 7.06. The van der Waals surface area contributed by atoms with Gasteiger partial charge in [0, 0.05) is 26.8 Å². The summed E-state index contributed by atoms with van der Waals surface area (Å²) in [7, 11) is 1.80. The molecule has 0 bridgehead atoms. The minimum atomic E-state index is 0.700. The molecule has 0 aliphatic rings. The Kier molecular flexibility index (Phi) is 3.81. The summed E-state index contributed by atoms with van der Waals surface area (Å²) in [5.74, 6) is 0.700. The smallest absolute Gasteiger partial charge is 0.183 e. The van der Waals surface area contributed by atoms with Crippen LogP contribution in [-0.2, 0) is 11.3 Å². The molecule has 0 aromatic carbocycles. The second-order valence-corrected chi connectivity index (χ2v) is 3.51. The zero-order chi connectivity index (χ0) is 12.1. The highest BCUT2D eigenvalue weighted by Crippen LogP contribution is 2.14. The van der Waals surface area contributed by atoms with Crippen LogP contribution in [0.5, 0.6) is 0 Å². The molecule has 2 heterocycles. The van der Waals surface area contributed by atoms with E-state index in [1.54, 1.807) is 11.7 Å². The summed E-state index contributed by atoms with van der Waals surface area (Å²) in [6.45, 7) is 4.19. The summed E-state index contributed by atoms with van der Waals surface area (Å²) in [4.78, 5) is 8.28. The van der Waals surface area contributed by atoms with Crippen molar-refractivity contribution in [2.24, 2.45) is 0 Å². The van der Waals surface area contributed by atoms with Gasteiger partial charge in [-0.3, -0.25) is 0 Å². The van der Waals surface area contributed by atoms with Crippen molar-refractivity contribution >= 4 is 17.0 Å². The van der Waals surface area contributed by atoms with Gasteiger partial charge in [0.25, 0.3) is 0 Å². The van der Waals surface area contributed by atoms with Gasteiger partial charge in [-0.2, -0.15) is 0 Å². The molecule has 1 N–H and O–H groups in total. The van der Waals surface area contributed by atoms with Crippen LogP contribution in [0.15, 0.2) is 6.33 Å². The Hall–Kier alpha value is -1.76. The molecule has 0 aliphatic heterocycles. The molecule has 92 valence electrons. The lowest BCUT2D eigenvalue weighted by atomic mass is 10.4. The first-order valence-corrected chi connectivity index (χ1v) is 5.66. The molecule has 0 saturated carbocycles. The number of aromatic nitrogens is 5. The Morgan fingerprint density at radius 3 is 3.06 bits per heavy atom. The molecule has 0 fully saturated rings. The van der Waals surface area contributed by atoms with E-state index in [-0.39, 0.29) is 0 Å². The van der Waals surface area contributed by atoms with Crippen molar-refractivity contribution in [3.63, 3.8) is 0 Å². The van der Waals surface area contributed by atoms with E-state index in [0.29, 0.717) is 11.3 Å². The Balaban J connectivity index is 2.13. The maximum atomic E-state index is 5.28. The van der Waals surface area contributed by atoms with E-state index < -0.39 is 0 Å². The molecule has 0 saturated heterocycles. The highest BCUT2D eigenvalue weighted by molar-refractivity contribution is 5.81. The number of fused-ring (bicyclic) bond motifs is 1. The van der Waals surface area contributed by atoms with Crippen LogP contribution in [0.2, 0.25) is 0 Å². The van der Waals surface area contributed by atoms with E-state index in [1.165, 1.54) is 6.33 Å². The van der Waals surface area contributed by atoms with Gasteiger partial charge < -0.3 is 10.1 Å².